The second kappa shape index (κ2) is 10.6. The Morgan fingerprint density at radius 1 is 0.912 bits per heavy atom. The number of ether oxygens (including phenoxy) is 1. The fraction of sp³-hybridized carbons (Fsp3) is 0.385. The number of morpholine rings is 1. The SMILES string of the molecule is CCN1CCc2ccc(Nc3ncc(Cl)c(Nc4ccc(N5CCOCC5)cc4)n3)cc2CC1. The van der Waals surface area contributed by atoms with Crippen LogP contribution < -0.4 is 15.5 Å². The lowest BCUT2D eigenvalue weighted by molar-refractivity contribution is 0.122. The number of hydrogen-bond donors (Lipinski definition) is 2. The zero-order valence-electron chi connectivity index (χ0n) is 19.6. The average molecular weight is 479 g/mol. The fourth-order valence-corrected chi connectivity index (χ4v) is 4.66. The molecule has 7 nitrogen and oxygen atoms in total. The van der Waals surface area contributed by atoms with Gasteiger partial charge in [0, 0.05) is 43.2 Å². The van der Waals surface area contributed by atoms with E-state index in [9.17, 15) is 0 Å². The molecule has 1 saturated heterocycles. The fourth-order valence-electron chi connectivity index (χ4n) is 4.52. The third-order valence-corrected chi connectivity index (χ3v) is 6.83. The van der Waals surface area contributed by atoms with Crippen LogP contribution in [0, 0.1) is 0 Å². The zero-order chi connectivity index (χ0) is 23.3. The lowest BCUT2D eigenvalue weighted by atomic mass is 10.0. The highest BCUT2D eigenvalue weighted by Gasteiger charge is 2.14. The van der Waals surface area contributed by atoms with Gasteiger partial charge in [0.05, 0.1) is 19.4 Å². The standard InChI is InChI=1S/C26H31ClN6O/c1-2-32-11-9-19-3-4-22(17-20(19)10-12-32)30-26-28-18-24(27)25(31-26)29-21-5-7-23(8-6-21)33-13-15-34-16-14-33/h3-8,17-18H,2,9-16H2,1H3,(H2,28,29,30,31). The van der Waals surface area contributed by atoms with Gasteiger partial charge in [0.25, 0.3) is 0 Å². The van der Waals surface area contributed by atoms with E-state index in [0.717, 1.165) is 70.2 Å². The van der Waals surface area contributed by atoms with E-state index in [1.165, 1.54) is 16.8 Å². The normalized spacial score (nSPS) is 16.6. The predicted molar refractivity (Wildman–Crippen MR) is 139 cm³/mol. The van der Waals surface area contributed by atoms with Crippen LogP contribution >= 0.6 is 11.6 Å². The Morgan fingerprint density at radius 3 is 2.41 bits per heavy atom. The molecule has 34 heavy (non-hydrogen) atoms. The number of rotatable bonds is 6. The van der Waals surface area contributed by atoms with Crippen LogP contribution in [0.1, 0.15) is 18.1 Å². The highest BCUT2D eigenvalue weighted by Crippen LogP contribution is 2.27. The van der Waals surface area contributed by atoms with Gasteiger partial charge in [0.1, 0.15) is 5.02 Å². The number of nitrogens with zero attached hydrogens (tertiary/aromatic N) is 4. The summed E-state index contributed by atoms with van der Waals surface area (Å²) in [5.74, 6) is 1.09. The van der Waals surface area contributed by atoms with Crippen molar-refractivity contribution in [3.05, 3.63) is 64.8 Å². The Labute approximate surface area is 206 Å². The number of nitrogens with one attached hydrogen (secondary N) is 2. The lowest BCUT2D eigenvalue weighted by Crippen LogP contribution is -2.36. The molecule has 0 spiro atoms. The highest BCUT2D eigenvalue weighted by molar-refractivity contribution is 6.32. The molecular weight excluding hydrogens is 448 g/mol. The second-order valence-electron chi connectivity index (χ2n) is 8.70. The predicted octanol–water partition coefficient (Wildman–Crippen LogP) is 4.87. The van der Waals surface area contributed by atoms with Gasteiger partial charge in [-0.3, -0.25) is 0 Å². The van der Waals surface area contributed by atoms with Crippen LogP contribution in [0.25, 0.3) is 0 Å². The Balaban J connectivity index is 1.27. The number of likely N-dealkylation sites (N-methyl/N-ethyl adjacent to an activating group) is 1. The first kappa shape index (κ1) is 22.9. The molecule has 0 atom stereocenters. The maximum Gasteiger partial charge on any atom is 0.229 e. The summed E-state index contributed by atoms with van der Waals surface area (Å²) < 4.78 is 5.44. The van der Waals surface area contributed by atoms with Gasteiger partial charge < -0.3 is 25.2 Å². The number of benzene rings is 2. The van der Waals surface area contributed by atoms with Crippen molar-refractivity contribution in [3.8, 4) is 0 Å². The molecule has 2 N–H and O–H groups in total. The number of halogens is 1. The van der Waals surface area contributed by atoms with Gasteiger partial charge in [-0.25, -0.2) is 4.98 Å². The number of hydrogen-bond acceptors (Lipinski definition) is 7. The largest absolute Gasteiger partial charge is 0.378 e. The number of fused-ring (bicyclic) bond motifs is 1. The maximum atomic E-state index is 6.40. The lowest BCUT2D eigenvalue weighted by Gasteiger charge is -2.28. The molecule has 0 unspecified atom stereocenters. The van der Waals surface area contributed by atoms with E-state index in [-0.39, 0.29) is 0 Å². The second-order valence-corrected chi connectivity index (χ2v) is 9.11. The van der Waals surface area contributed by atoms with E-state index in [1.807, 2.05) is 12.1 Å². The van der Waals surface area contributed by atoms with Gasteiger partial charge in [-0.05, 0) is 66.9 Å². The van der Waals surface area contributed by atoms with Crippen molar-refractivity contribution in [2.75, 3.05) is 61.5 Å². The highest BCUT2D eigenvalue weighted by atomic mass is 35.5. The molecule has 2 aromatic carbocycles. The first-order valence-corrected chi connectivity index (χ1v) is 12.4. The summed E-state index contributed by atoms with van der Waals surface area (Å²) >= 11 is 6.40. The molecule has 3 aromatic rings. The van der Waals surface area contributed by atoms with Crippen molar-refractivity contribution in [1.29, 1.82) is 0 Å². The Bertz CT molecular complexity index is 1120. The van der Waals surface area contributed by atoms with Crippen LogP contribution in [-0.4, -0.2) is 60.8 Å². The summed E-state index contributed by atoms with van der Waals surface area (Å²) in [6.45, 7) is 8.93. The van der Waals surface area contributed by atoms with E-state index in [2.05, 4.69) is 67.7 Å². The van der Waals surface area contributed by atoms with Gasteiger partial charge in [-0.2, -0.15) is 4.98 Å². The van der Waals surface area contributed by atoms with Crippen LogP contribution in [0.15, 0.2) is 48.7 Å². The van der Waals surface area contributed by atoms with E-state index in [4.69, 9.17) is 16.3 Å². The van der Waals surface area contributed by atoms with Gasteiger partial charge in [-0.15, -0.1) is 0 Å². The van der Waals surface area contributed by atoms with E-state index in [1.54, 1.807) is 6.20 Å². The van der Waals surface area contributed by atoms with Crippen LogP contribution in [0.2, 0.25) is 5.02 Å². The summed E-state index contributed by atoms with van der Waals surface area (Å²) in [6.07, 6.45) is 3.79. The minimum absolute atomic E-state index is 0.476. The molecule has 3 heterocycles. The maximum absolute atomic E-state index is 6.40. The van der Waals surface area contributed by atoms with Gasteiger partial charge in [0.15, 0.2) is 5.82 Å². The van der Waals surface area contributed by atoms with E-state index >= 15 is 0 Å². The molecule has 0 amide bonds. The van der Waals surface area contributed by atoms with Crippen molar-refractivity contribution >= 4 is 40.4 Å². The minimum Gasteiger partial charge on any atom is -0.378 e. The average Bonchev–Trinajstić information content (AvgIpc) is 3.09. The molecule has 2 aliphatic heterocycles. The first-order chi connectivity index (χ1) is 16.7. The minimum atomic E-state index is 0.476. The number of aromatic nitrogens is 2. The molecule has 2 aliphatic rings. The molecular formula is C26H31ClN6O. The van der Waals surface area contributed by atoms with Gasteiger partial charge in [-0.1, -0.05) is 24.6 Å². The summed E-state index contributed by atoms with van der Waals surface area (Å²) in [5.41, 5.74) is 5.94. The Morgan fingerprint density at radius 2 is 1.65 bits per heavy atom. The summed E-state index contributed by atoms with van der Waals surface area (Å²) in [5, 5.41) is 7.15. The first-order valence-electron chi connectivity index (χ1n) is 12.0. The van der Waals surface area contributed by atoms with Crippen LogP contribution in [0.3, 0.4) is 0 Å². The van der Waals surface area contributed by atoms with Gasteiger partial charge in [0.2, 0.25) is 5.95 Å². The molecule has 0 saturated carbocycles. The molecule has 8 heteroatoms. The van der Waals surface area contributed by atoms with Crippen LogP contribution in [-0.2, 0) is 17.6 Å². The molecule has 0 radical (unpaired) electrons. The zero-order valence-corrected chi connectivity index (χ0v) is 20.3. The third kappa shape index (κ3) is 5.43. The van der Waals surface area contributed by atoms with Crippen molar-refractivity contribution in [2.24, 2.45) is 0 Å². The van der Waals surface area contributed by atoms with Crippen molar-refractivity contribution in [3.63, 3.8) is 0 Å². The molecule has 5 rings (SSSR count). The summed E-state index contributed by atoms with van der Waals surface area (Å²) in [6, 6.07) is 14.9. The Kier molecular flexibility index (Phi) is 7.13. The monoisotopic (exact) mass is 478 g/mol. The van der Waals surface area contributed by atoms with Crippen molar-refractivity contribution in [1.82, 2.24) is 14.9 Å². The summed E-state index contributed by atoms with van der Waals surface area (Å²) in [7, 11) is 0. The van der Waals surface area contributed by atoms with Crippen LogP contribution in [0.4, 0.5) is 28.8 Å². The Hall–Kier alpha value is -2.87. The molecule has 0 aliphatic carbocycles. The van der Waals surface area contributed by atoms with Crippen molar-refractivity contribution < 1.29 is 4.74 Å². The van der Waals surface area contributed by atoms with Crippen molar-refractivity contribution in [2.45, 2.75) is 19.8 Å². The van der Waals surface area contributed by atoms with E-state index in [0.29, 0.717) is 16.8 Å². The van der Waals surface area contributed by atoms with Gasteiger partial charge >= 0.3 is 0 Å². The molecule has 1 fully saturated rings. The van der Waals surface area contributed by atoms with Crippen LogP contribution in [0.5, 0.6) is 0 Å². The smallest absolute Gasteiger partial charge is 0.229 e. The molecule has 178 valence electrons. The topological polar surface area (TPSA) is 65.5 Å². The number of anilines is 5. The molecule has 1 aromatic heterocycles. The van der Waals surface area contributed by atoms with E-state index < -0.39 is 0 Å². The third-order valence-electron chi connectivity index (χ3n) is 6.55. The summed E-state index contributed by atoms with van der Waals surface area (Å²) in [4.78, 5) is 13.8. The molecule has 0 bridgehead atoms. The quantitative estimate of drug-likeness (QED) is 0.523.